The van der Waals surface area contributed by atoms with Crippen molar-refractivity contribution in [2.45, 2.75) is 25.7 Å². The van der Waals surface area contributed by atoms with Gasteiger partial charge in [0.15, 0.2) is 0 Å². The number of hydrogen-bond donors (Lipinski definition) is 0. The van der Waals surface area contributed by atoms with E-state index in [-0.39, 0.29) is 29.7 Å². The van der Waals surface area contributed by atoms with Gasteiger partial charge in [-0.25, -0.2) is 0 Å². The molecule has 2 rings (SSSR count). The molecule has 0 amide bonds. The fraction of sp³-hybridized carbons (Fsp3) is 0.308. The molecule has 0 spiro atoms. The molecule has 1 heteroatoms. The summed E-state index contributed by atoms with van der Waals surface area (Å²) < 4.78 is 31.4. The van der Waals surface area contributed by atoms with E-state index in [9.17, 15) is 0 Å². The Morgan fingerprint density at radius 1 is 1.21 bits per heavy atom. The number of rotatable bonds is 1. The monoisotopic (exact) mass is 187 g/mol. The first-order chi connectivity index (χ1) is 8.57. The third-order valence-electron chi connectivity index (χ3n) is 2.35. The van der Waals surface area contributed by atoms with Crippen LogP contribution in [0.1, 0.15) is 42.3 Å². The van der Waals surface area contributed by atoms with E-state index in [4.69, 9.17) is 10.7 Å². The average molecular weight is 187 g/mol. The molecule has 1 aromatic rings. The van der Waals surface area contributed by atoms with Crippen molar-refractivity contribution in [3.05, 3.63) is 41.4 Å². The van der Waals surface area contributed by atoms with Gasteiger partial charge in [0.25, 0.3) is 0 Å². The SMILES string of the molecule is [2H]c1c([2H])c(C2=CCCCC2)c([2H])c([2H])c1C#N. The first-order valence-electron chi connectivity index (χ1n) is 6.77. The Bertz CT molecular complexity index is 540. The minimum absolute atomic E-state index is 0.0966. The topological polar surface area (TPSA) is 23.8 Å². The largest absolute Gasteiger partial charge is 0.192 e. The smallest absolute Gasteiger partial charge is 0.0991 e. The average Bonchev–Trinajstić information content (AvgIpc) is 2.39. The van der Waals surface area contributed by atoms with E-state index in [1.54, 1.807) is 6.07 Å². The van der Waals surface area contributed by atoms with Gasteiger partial charge in [-0.05, 0) is 48.9 Å². The predicted octanol–water partition coefficient (Wildman–Crippen LogP) is 3.52. The molecule has 1 aliphatic rings. The summed E-state index contributed by atoms with van der Waals surface area (Å²) in [5.41, 5.74) is 1.07. The van der Waals surface area contributed by atoms with Crippen LogP contribution < -0.4 is 0 Å². The molecule has 0 unspecified atom stereocenters. The molecular weight excluding hydrogens is 170 g/mol. The summed E-state index contributed by atoms with van der Waals surface area (Å²) in [6, 6.07) is 1.08. The maximum absolute atomic E-state index is 8.88. The highest BCUT2D eigenvalue weighted by atomic mass is 14.2. The Hall–Kier alpha value is -1.55. The number of benzene rings is 1. The van der Waals surface area contributed by atoms with Crippen LogP contribution >= 0.6 is 0 Å². The van der Waals surface area contributed by atoms with E-state index in [0.29, 0.717) is 5.56 Å². The van der Waals surface area contributed by atoms with Crippen molar-refractivity contribution in [3.8, 4) is 6.07 Å². The minimum atomic E-state index is -0.236. The molecule has 0 atom stereocenters. The second-order valence-corrected chi connectivity index (χ2v) is 3.34. The van der Waals surface area contributed by atoms with Crippen molar-refractivity contribution in [2.24, 2.45) is 0 Å². The summed E-state index contributed by atoms with van der Waals surface area (Å²) in [4.78, 5) is 0. The first kappa shape index (κ1) is 5.36. The van der Waals surface area contributed by atoms with Crippen LogP contribution in [0.2, 0.25) is 0 Å². The van der Waals surface area contributed by atoms with Crippen molar-refractivity contribution in [1.82, 2.24) is 0 Å². The maximum atomic E-state index is 8.88. The van der Waals surface area contributed by atoms with Crippen LogP contribution in [0.3, 0.4) is 0 Å². The van der Waals surface area contributed by atoms with E-state index in [1.165, 1.54) is 0 Å². The van der Waals surface area contributed by atoms with Crippen molar-refractivity contribution in [3.63, 3.8) is 0 Å². The van der Waals surface area contributed by atoms with E-state index in [0.717, 1.165) is 31.3 Å². The zero-order valence-electron chi connectivity index (χ0n) is 11.9. The van der Waals surface area contributed by atoms with Gasteiger partial charge in [0.1, 0.15) is 0 Å². The Kier molecular flexibility index (Phi) is 1.57. The summed E-state index contributed by atoms with van der Waals surface area (Å²) in [7, 11) is 0. The maximum Gasteiger partial charge on any atom is 0.0991 e. The molecule has 0 bridgehead atoms. The van der Waals surface area contributed by atoms with Crippen molar-refractivity contribution >= 4 is 5.57 Å². The standard InChI is InChI=1S/C13H13N/c14-10-11-6-8-13(9-7-11)12-4-2-1-3-5-12/h4,6-9H,1-3,5H2/i6D,7D,8D,9D. The minimum Gasteiger partial charge on any atom is -0.192 e. The van der Waals surface area contributed by atoms with Crippen molar-refractivity contribution < 1.29 is 5.48 Å². The number of nitrogens with zero attached hydrogens (tertiary/aromatic N) is 1. The Morgan fingerprint density at radius 3 is 2.57 bits per heavy atom. The number of hydrogen-bond acceptors (Lipinski definition) is 1. The van der Waals surface area contributed by atoms with Crippen molar-refractivity contribution in [2.75, 3.05) is 0 Å². The molecule has 1 aromatic carbocycles. The molecule has 1 nitrogen and oxygen atoms in total. The van der Waals surface area contributed by atoms with Crippen LogP contribution in [-0.2, 0) is 0 Å². The van der Waals surface area contributed by atoms with Crippen LogP contribution in [0.15, 0.2) is 30.2 Å². The molecule has 0 aromatic heterocycles. The van der Waals surface area contributed by atoms with Crippen LogP contribution in [0.4, 0.5) is 0 Å². The fourth-order valence-corrected chi connectivity index (χ4v) is 1.59. The van der Waals surface area contributed by atoms with Crippen LogP contribution in [0.5, 0.6) is 0 Å². The lowest BCUT2D eigenvalue weighted by molar-refractivity contribution is 0.742. The lowest BCUT2D eigenvalue weighted by atomic mass is 9.93. The Balaban J connectivity index is 2.69. The summed E-state index contributed by atoms with van der Waals surface area (Å²) >= 11 is 0. The molecule has 1 aliphatic carbocycles. The summed E-state index contributed by atoms with van der Waals surface area (Å²) in [6.45, 7) is 0. The molecular formula is C13H13N. The van der Waals surface area contributed by atoms with Gasteiger partial charge in [-0.15, -0.1) is 0 Å². The third kappa shape index (κ3) is 1.85. The van der Waals surface area contributed by atoms with Gasteiger partial charge in [0.2, 0.25) is 0 Å². The van der Waals surface area contributed by atoms with E-state index >= 15 is 0 Å². The number of nitriles is 1. The highest BCUT2D eigenvalue weighted by molar-refractivity contribution is 5.66. The molecule has 0 saturated carbocycles. The lowest BCUT2D eigenvalue weighted by Gasteiger charge is -2.12. The molecule has 0 fully saturated rings. The van der Waals surface area contributed by atoms with Crippen molar-refractivity contribution in [1.29, 1.82) is 5.26 Å². The summed E-state index contributed by atoms with van der Waals surface area (Å²) in [5, 5.41) is 8.88. The Morgan fingerprint density at radius 2 is 2.00 bits per heavy atom. The van der Waals surface area contributed by atoms with Gasteiger partial charge >= 0.3 is 0 Å². The lowest BCUT2D eigenvalue weighted by Crippen LogP contribution is -1.91. The van der Waals surface area contributed by atoms with Crippen LogP contribution in [0.25, 0.3) is 5.57 Å². The first-order valence-corrected chi connectivity index (χ1v) is 4.77. The molecule has 0 N–H and O–H groups in total. The van der Waals surface area contributed by atoms with E-state index in [2.05, 4.69) is 0 Å². The Labute approximate surface area is 90.3 Å². The fourth-order valence-electron chi connectivity index (χ4n) is 1.59. The molecule has 0 saturated heterocycles. The molecule has 0 aliphatic heterocycles. The summed E-state index contributed by atoms with van der Waals surface area (Å²) in [6.07, 6.45) is 5.78. The zero-order valence-corrected chi connectivity index (χ0v) is 7.85. The molecule has 14 heavy (non-hydrogen) atoms. The predicted molar refractivity (Wildman–Crippen MR) is 57.6 cm³/mol. The van der Waals surface area contributed by atoms with Gasteiger partial charge in [-0.1, -0.05) is 18.2 Å². The van der Waals surface area contributed by atoms with Gasteiger partial charge in [0.05, 0.1) is 17.1 Å². The van der Waals surface area contributed by atoms with Crippen LogP contribution in [-0.4, -0.2) is 0 Å². The highest BCUT2D eigenvalue weighted by Gasteiger charge is 2.05. The normalized spacial score (nSPS) is 19.8. The van der Waals surface area contributed by atoms with Gasteiger partial charge < -0.3 is 0 Å². The van der Waals surface area contributed by atoms with Gasteiger partial charge in [0, 0.05) is 0 Å². The van der Waals surface area contributed by atoms with E-state index < -0.39 is 0 Å². The highest BCUT2D eigenvalue weighted by Crippen LogP contribution is 2.26. The summed E-state index contributed by atoms with van der Waals surface area (Å²) in [5.74, 6) is 0. The number of allylic oxidation sites excluding steroid dienone is 2. The van der Waals surface area contributed by atoms with E-state index in [1.807, 2.05) is 6.08 Å². The third-order valence-corrected chi connectivity index (χ3v) is 2.35. The quantitative estimate of drug-likeness (QED) is 0.660. The van der Waals surface area contributed by atoms with Crippen LogP contribution in [0, 0.1) is 11.3 Å². The molecule has 0 heterocycles. The zero-order chi connectivity index (χ0) is 13.3. The van der Waals surface area contributed by atoms with Gasteiger partial charge in [-0.3, -0.25) is 0 Å². The molecule has 0 radical (unpaired) electrons. The molecule has 70 valence electrons. The van der Waals surface area contributed by atoms with Gasteiger partial charge in [-0.2, -0.15) is 5.26 Å². The second kappa shape index (κ2) is 4.11. The second-order valence-electron chi connectivity index (χ2n) is 3.34.